The number of piperazine rings is 2. The molecule has 4 rings (SSSR count). The number of carbonyl (C=O) groups excluding carboxylic acids is 2. The molecule has 2 saturated heterocycles. The Bertz CT molecular complexity index is 1160. The van der Waals surface area contributed by atoms with E-state index >= 15 is 0 Å². The third-order valence-electron chi connectivity index (χ3n) is 6.95. The van der Waals surface area contributed by atoms with Crippen LogP contribution in [0, 0.1) is 11.8 Å². The van der Waals surface area contributed by atoms with Crippen molar-refractivity contribution in [2.45, 2.75) is 25.5 Å². The maximum atomic E-state index is 12.7. The average molecular weight is 554 g/mol. The van der Waals surface area contributed by atoms with Crippen LogP contribution in [0.4, 0.5) is 16.2 Å². The summed E-state index contributed by atoms with van der Waals surface area (Å²) in [5.74, 6) is 5.86. The van der Waals surface area contributed by atoms with Crippen molar-refractivity contribution in [3.63, 3.8) is 0 Å². The van der Waals surface area contributed by atoms with E-state index < -0.39 is 30.1 Å². The van der Waals surface area contributed by atoms with Crippen molar-refractivity contribution in [1.29, 1.82) is 0 Å². The zero-order valence-corrected chi connectivity index (χ0v) is 23.6. The minimum atomic E-state index is -1.48. The van der Waals surface area contributed by atoms with Crippen molar-refractivity contribution >= 4 is 36.7 Å². The largest absolute Gasteiger partial charge is 0.388 e. The molecule has 0 bridgehead atoms. The number of ketones is 1. The van der Waals surface area contributed by atoms with Gasteiger partial charge in [0.2, 0.25) is 0 Å². The Morgan fingerprint density at radius 2 is 1.33 bits per heavy atom. The van der Waals surface area contributed by atoms with Gasteiger partial charge >= 0.3 is 6.03 Å². The lowest BCUT2D eigenvalue weighted by molar-refractivity contribution is -0.129. The van der Waals surface area contributed by atoms with Crippen molar-refractivity contribution in [3.05, 3.63) is 59.7 Å². The van der Waals surface area contributed by atoms with Crippen LogP contribution in [-0.4, -0.2) is 97.5 Å². The van der Waals surface area contributed by atoms with Gasteiger partial charge in [0, 0.05) is 74.9 Å². The highest BCUT2D eigenvalue weighted by Gasteiger charge is 2.35. The second kappa shape index (κ2) is 13.7. The Morgan fingerprint density at radius 1 is 0.872 bits per heavy atom. The Balaban J connectivity index is 0.00000420. The summed E-state index contributed by atoms with van der Waals surface area (Å²) >= 11 is 0. The first kappa shape index (κ1) is 30.3. The van der Waals surface area contributed by atoms with Gasteiger partial charge in [-0.25, -0.2) is 4.79 Å². The molecule has 0 aliphatic carbocycles. The van der Waals surface area contributed by atoms with Gasteiger partial charge in [0.15, 0.2) is 5.78 Å². The molecule has 2 fully saturated rings. The fourth-order valence-corrected chi connectivity index (χ4v) is 4.70. The van der Waals surface area contributed by atoms with Crippen LogP contribution in [0.2, 0.25) is 0 Å². The molecular weight excluding hydrogens is 514 g/mol. The number of anilines is 2. The van der Waals surface area contributed by atoms with Gasteiger partial charge in [-0.05, 0) is 62.4 Å². The number of benzene rings is 2. The van der Waals surface area contributed by atoms with Crippen LogP contribution < -0.4 is 20.4 Å². The number of aliphatic hydroxyl groups excluding tert-OH is 1. The standard InChI is InChI=1S/C29H37N5O4.H2S/c1-29(2,38)27(26(36)21-35)31-28(37)34-19-17-33(18-20-34)25-11-7-23(8-12-25)4-3-22-5-9-24(10-6-22)32-15-13-30-14-16-32;/h5-12,27,30,35,38H,13-21H2,1-2H3,(H,31,37);1H2/t27-;/m0./s1. The fraction of sp³-hybridized carbons (Fsp3) is 0.448. The summed E-state index contributed by atoms with van der Waals surface area (Å²) in [7, 11) is 0. The molecule has 0 radical (unpaired) electrons. The second-order valence-corrected chi connectivity index (χ2v) is 10.2. The zero-order valence-electron chi connectivity index (χ0n) is 22.6. The monoisotopic (exact) mass is 553 g/mol. The van der Waals surface area contributed by atoms with Crippen LogP contribution in [0.1, 0.15) is 25.0 Å². The van der Waals surface area contributed by atoms with E-state index in [2.05, 4.69) is 56.5 Å². The van der Waals surface area contributed by atoms with E-state index in [1.54, 1.807) is 4.90 Å². The van der Waals surface area contributed by atoms with E-state index in [1.807, 2.05) is 24.3 Å². The number of nitrogens with zero attached hydrogens (tertiary/aromatic N) is 3. The lowest BCUT2D eigenvalue weighted by Gasteiger charge is -2.37. The molecule has 2 heterocycles. The van der Waals surface area contributed by atoms with Gasteiger partial charge in [0.1, 0.15) is 12.6 Å². The molecular formula is C29H39N5O4S. The highest BCUT2D eigenvalue weighted by atomic mass is 32.1. The van der Waals surface area contributed by atoms with Crippen LogP contribution in [-0.2, 0) is 4.79 Å². The predicted molar refractivity (Wildman–Crippen MR) is 159 cm³/mol. The maximum absolute atomic E-state index is 12.7. The molecule has 4 N–H and O–H groups in total. The van der Waals surface area contributed by atoms with E-state index in [0.29, 0.717) is 26.2 Å². The Labute approximate surface area is 237 Å². The number of nitrogens with one attached hydrogen (secondary N) is 2. The number of hydrogen-bond acceptors (Lipinski definition) is 7. The van der Waals surface area contributed by atoms with Gasteiger partial charge in [-0.3, -0.25) is 4.79 Å². The van der Waals surface area contributed by atoms with Crippen LogP contribution >= 0.6 is 13.5 Å². The molecule has 1 atom stereocenters. The highest BCUT2D eigenvalue weighted by Crippen LogP contribution is 2.19. The molecule has 2 aromatic carbocycles. The Morgan fingerprint density at radius 3 is 1.77 bits per heavy atom. The van der Waals surface area contributed by atoms with E-state index in [1.165, 1.54) is 19.5 Å². The molecule has 210 valence electrons. The maximum Gasteiger partial charge on any atom is 0.318 e. The molecule has 0 spiro atoms. The van der Waals surface area contributed by atoms with E-state index in [-0.39, 0.29) is 13.5 Å². The number of carbonyl (C=O) groups is 2. The van der Waals surface area contributed by atoms with Gasteiger partial charge < -0.3 is 35.5 Å². The van der Waals surface area contributed by atoms with Crippen LogP contribution in [0.3, 0.4) is 0 Å². The van der Waals surface area contributed by atoms with Crippen LogP contribution in [0.15, 0.2) is 48.5 Å². The van der Waals surface area contributed by atoms with Gasteiger partial charge in [-0.2, -0.15) is 13.5 Å². The summed E-state index contributed by atoms with van der Waals surface area (Å²) in [5, 5.41) is 25.3. The topological polar surface area (TPSA) is 108 Å². The number of rotatable bonds is 6. The quantitative estimate of drug-likeness (QED) is 0.398. The molecule has 2 aromatic rings. The zero-order chi connectivity index (χ0) is 27.1. The van der Waals surface area contributed by atoms with Crippen molar-refractivity contribution in [2.75, 3.05) is 68.8 Å². The van der Waals surface area contributed by atoms with Gasteiger partial charge in [0.25, 0.3) is 0 Å². The summed E-state index contributed by atoms with van der Waals surface area (Å²) in [5.41, 5.74) is 2.73. The van der Waals surface area contributed by atoms with Gasteiger partial charge in [-0.15, -0.1) is 0 Å². The predicted octanol–water partition coefficient (Wildman–Crippen LogP) is 1.14. The SMILES string of the molecule is CC(C)(O)[C@@H](NC(=O)N1CCN(c2ccc(C#Cc3ccc(N4CCNCC4)cc3)cc2)CC1)C(=O)CO.S. The summed E-state index contributed by atoms with van der Waals surface area (Å²) < 4.78 is 0. The Kier molecular flexibility index (Phi) is 10.7. The van der Waals surface area contributed by atoms with Crippen molar-refractivity contribution in [2.24, 2.45) is 0 Å². The van der Waals surface area contributed by atoms with Crippen molar-refractivity contribution in [3.8, 4) is 11.8 Å². The summed E-state index contributed by atoms with van der Waals surface area (Å²) in [6.45, 7) is 8.42. The second-order valence-electron chi connectivity index (χ2n) is 10.2. The normalized spacial score (nSPS) is 16.5. The average Bonchev–Trinajstić information content (AvgIpc) is 2.95. The third kappa shape index (κ3) is 8.13. The summed E-state index contributed by atoms with van der Waals surface area (Å²) in [6.07, 6.45) is 0. The van der Waals surface area contributed by atoms with E-state index in [4.69, 9.17) is 0 Å². The smallest absolute Gasteiger partial charge is 0.318 e. The molecule has 39 heavy (non-hydrogen) atoms. The number of hydrogen-bond donors (Lipinski definition) is 4. The van der Waals surface area contributed by atoms with Crippen LogP contribution in [0.25, 0.3) is 0 Å². The first-order valence-corrected chi connectivity index (χ1v) is 13.1. The Hall–Kier alpha value is -3.23. The molecule has 9 nitrogen and oxygen atoms in total. The minimum Gasteiger partial charge on any atom is -0.388 e. The number of urea groups is 1. The highest BCUT2D eigenvalue weighted by molar-refractivity contribution is 7.59. The first-order valence-electron chi connectivity index (χ1n) is 13.1. The lowest BCUT2D eigenvalue weighted by atomic mass is 9.95. The first-order chi connectivity index (χ1) is 18.2. The van der Waals surface area contributed by atoms with Crippen molar-refractivity contribution < 1.29 is 19.8 Å². The minimum absolute atomic E-state index is 0. The lowest BCUT2D eigenvalue weighted by Crippen LogP contribution is -2.60. The van der Waals surface area contributed by atoms with Crippen LogP contribution in [0.5, 0.6) is 0 Å². The van der Waals surface area contributed by atoms with Crippen molar-refractivity contribution in [1.82, 2.24) is 15.5 Å². The molecule has 0 unspecified atom stereocenters. The van der Waals surface area contributed by atoms with Gasteiger partial charge in [0.05, 0.1) is 5.60 Å². The van der Waals surface area contributed by atoms with E-state index in [9.17, 15) is 19.8 Å². The summed E-state index contributed by atoms with van der Waals surface area (Å²) in [4.78, 5) is 30.9. The number of Topliss-reactive ketones (excluding diaryl/α,β-unsaturated/α-hetero) is 1. The molecule has 0 saturated carbocycles. The molecule has 2 amide bonds. The molecule has 10 heteroatoms. The van der Waals surface area contributed by atoms with Gasteiger partial charge in [-0.1, -0.05) is 11.8 Å². The molecule has 0 aromatic heterocycles. The summed E-state index contributed by atoms with van der Waals surface area (Å²) in [6, 6.07) is 14.9. The fourth-order valence-electron chi connectivity index (χ4n) is 4.70. The molecule has 2 aliphatic rings. The van der Waals surface area contributed by atoms with E-state index in [0.717, 1.165) is 43.0 Å². The number of amides is 2. The third-order valence-corrected chi connectivity index (χ3v) is 6.95. The number of aliphatic hydroxyl groups is 2. The molecule has 2 aliphatic heterocycles.